The van der Waals surface area contributed by atoms with Gasteiger partial charge in [-0.05, 0) is 12.1 Å². The maximum absolute atomic E-state index is 10.8. The second-order valence-electron chi connectivity index (χ2n) is 2.87. The molecule has 0 unspecified atom stereocenters. The Kier molecular flexibility index (Phi) is 7.27. The van der Waals surface area contributed by atoms with Gasteiger partial charge >= 0.3 is 17.9 Å². The van der Waals surface area contributed by atoms with Gasteiger partial charge in [-0.25, -0.2) is 14.4 Å². The summed E-state index contributed by atoms with van der Waals surface area (Å²) in [5, 5.41) is 15.6. The fourth-order valence-corrected chi connectivity index (χ4v) is 0.835. The van der Waals surface area contributed by atoms with Gasteiger partial charge in [0, 0.05) is 12.2 Å². The number of methoxy groups -OCH3 is 1. The van der Waals surface area contributed by atoms with Crippen LogP contribution in [0.25, 0.3) is 0 Å². The maximum atomic E-state index is 10.8. The number of hydrogen-bond donors (Lipinski definition) is 2. The van der Waals surface area contributed by atoms with Gasteiger partial charge in [0.15, 0.2) is 0 Å². The zero-order valence-corrected chi connectivity index (χ0v) is 9.57. The number of rotatable bonds is 3. The molecule has 0 saturated heterocycles. The van der Waals surface area contributed by atoms with Crippen LogP contribution in [0.15, 0.2) is 42.5 Å². The number of benzene rings is 1. The van der Waals surface area contributed by atoms with Gasteiger partial charge in [-0.15, -0.1) is 0 Å². The van der Waals surface area contributed by atoms with Crippen LogP contribution in [-0.2, 0) is 14.3 Å². The Morgan fingerprint density at radius 2 is 1.44 bits per heavy atom. The first kappa shape index (κ1) is 15.4. The Bertz CT molecular complexity index is 419. The maximum Gasteiger partial charge on any atom is 0.337 e. The van der Waals surface area contributed by atoms with Crippen molar-refractivity contribution in [2.45, 2.75) is 0 Å². The molecule has 0 aliphatic rings. The van der Waals surface area contributed by atoms with E-state index in [2.05, 4.69) is 4.74 Å². The van der Waals surface area contributed by atoms with Gasteiger partial charge < -0.3 is 14.9 Å². The van der Waals surface area contributed by atoms with E-state index < -0.39 is 11.9 Å². The Balaban J connectivity index is 0.000000331. The van der Waals surface area contributed by atoms with E-state index in [1.54, 1.807) is 24.3 Å². The molecule has 0 amide bonds. The molecule has 0 saturated carbocycles. The van der Waals surface area contributed by atoms with Crippen LogP contribution in [-0.4, -0.2) is 35.2 Å². The van der Waals surface area contributed by atoms with Crippen LogP contribution in [0.4, 0.5) is 0 Å². The van der Waals surface area contributed by atoms with Crippen molar-refractivity contribution in [3.05, 3.63) is 48.0 Å². The molecular weight excluding hydrogens is 240 g/mol. The largest absolute Gasteiger partial charge is 0.478 e. The Labute approximate surface area is 103 Å². The Morgan fingerprint density at radius 3 is 1.78 bits per heavy atom. The van der Waals surface area contributed by atoms with Gasteiger partial charge in [-0.1, -0.05) is 18.2 Å². The van der Waals surface area contributed by atoms with Crippen LogP contribution in [0.2, 0.25) is 0 Å². The third-order valence-electron chi connectivity index (χ3n) is 1.56. The predicted octanol–water partition coefficient (Wildman–Crippen LogP) is 1.19. The molecule has 0 atom stereocenters. The van der Waals surface area contributed by atoms with Crippen molar-refractivity contribution >= 4 is 17.9 Å². The summed E-state index contributed by atoms with van der Waals surface area (Å²) in [6, 6.07) is 8.88. The number of carbonyl (C=O) groups excluding carboxylic acids is 1. The minimum Gasteiger partial charge on any atom is -0.478 e. The van der Waals surface area contributed by atoms with Gasteiger partial charge in [0.1, 0.15) is 0 Å². The highest BCUT2D eigenvalue weighted by atomic mass is 16.5. The molecule has 1 aromatic carbocycles. The lowest BCUT2D eigenvalue weighted by atomic mass is 10.2. The van der Waals surface area contributed by atoms with E-state index >= 15 is 0 Å². The molecule has 0 aliphatic carbocycles. The van der Waals surface area contributed by atoms with Crippen molar-refractivity contribution < 1.29 is 29.3 Å². The zero-order chi connectivity index (χ0) is 14.0. The van der Waals surface area contributed by atoms with E-state index in [9.17, 15) is 14.4 Å². The van der Waals surface area contributed by atoms with Crippen LogP contribution in [0.5, 0.6) is 0 Å². The van der Waals surface area contributed by atoms with Crippen LogP contribution >= 0.6 is 0 Å². The number of carbonyl (C=O) groups is 3. The van der Waals surface area contributed by atoms with Crippen molar-refractivity contribution in [3.63, 3.8) is 0 Å². The highest BCUT2D eigenvalue weighted by molar-refractivity contribution is 5.89. The van der Waals surface area contributed by atoms with Gasteiger partial charge in [0.05, 0.1) is 12.7 Å². The summed E-state index contributed by atoms with van der Waals surface area (Å²) in [7, 11) is 1.37. The minimum absolute atomic E-state index is 0.291. The molecule has 0 fully saturated rings. The van der Waals surface area contributed by atoms with Crippen molar-refractivity contribution in [2.75, 3.05) is 7.11 Å². The average Bonchev–Trinajstić information content (AvgIpc) is 2.37. The normalized spacial score (nSPS) is 9.17. The third-order valence-corrected chi connectivity index (χ3v) is 1.56. The summed E-state index contributed by atoms with van der Waals surface area (Å²) >= 11 is 0. The molecule has 96 valence electrons. The summed E-state index contributed by atoms with van der Waals surface area (Å²) in [6.07, 6.45) is 1.12. The predicted molar refractivity (Wildman–Crippen MR) is 62.2 cm³/mol. The lowest BCUT2D eigenvalue weighted by Gasteiger charge is -1.95. The quantitative estimate of drug-likeness (QED) is 0.618. The molecule has 6 heteroatoms. The van der Waals surface area contributed by atoms with Gasteiger partial charge in [0.25, 0.3) is 0 Å². The molecule has 1 rings (SSSR count). The molecule has 0 bridgehead atoms. The molecule has 18 heavy (non-hydrogen) atoms. The molecule has 1 aromatic rings. The van der Waals surface area contributed by atoms with Crippen LogP contribution < -0.4 is 0 Å². The van der Waals surface area contributed by atoms with Crippen molar-refractivity contribution in [3.8, 4) is 0 Å². The van der Waals surface area contributed by atoms with Crippen molar-refractivity contribution in [2.24, 2.45) is 0 Å². The van der Waals surface area contributed by atoms with E-state index in [-0.39, 0.29) is 5.97 Å². The van der Waals surface area contributed by atoms with E-state index in [0.29, 0.717) is 17.7 Å². The number of ether oxygens (including phenoxy) is 1. The molecule has 0 heterocycles. The fourth-order valence-electron chi connectivity index (χ4n) is 0.835. The second-order valence-corrected chi connectivity index (χ2v) is 2.87. The van der Waals surface area contributed by atoms with E-state index in [0.717, 1.165) is 0 Å². The summed E-state index contributed by atoms with van der Waals surface area (Å²) in [5.41, 5.74) is 0.588. The van der Waals surface area contributed by atoms with E-state index in [1.165, 1.54) is 7.11 Å². The summed E-state index contributed by atoms with van der Waals surface area (Å²) in [5.74, 6) is -2.81. The average molecular weight is 252 g/mol. The first-order valence-corrected chi connectivity index (χ1v) is 4.74. The monoisotopic (exact) mass is 252 g/mol. The first-order valence-electron chi connectivity index (χ1n) is 4.74. The molecule has 2 N–H and O–H groups in total. The molecule has 0 aliphatic heterocycles. The summed E-state index contributed by atoms with van der Waals surface area (Å²) in [4.78, 5) is 29.9. The highest BCUT2D eigenvalue weighted by Crippen LogP contribution is 1.98. The van der Waals surface area contributed by atoms with Gasteiger partial charge in [-0.3, -0.25) is 0 Å². The molecule has 0 spiro atoms. The molecule has 0 radical (unpaired) electrons. The molecular formula is C12H12O6. The lowest BCUT2D eigenvalue weighted by molar-refractivity contribution is -0.134. The zero-order valence-electron chi connectivity index (χ0n) is 9.57. The smallest absolute Gasteiger partial charge is 0.337 e. The van der Waals surface area contributed by atoms with Crippen LogP contribution in [0.1, 0.15) is 10.4 Å². The first-order chi connectivity index (χ1) is 8.47. The third kappa shape index (κ3) is 7.63. The number of carboxylic acid groups (broad SMARTS) is 2. The second kappa shape index (κ2) is 8.51. The number of hydrogen-bond acceptors (Lipinski definition) is 4. The number of aliphatic carboxylic acids is 2. The minimum atomic E-state index is -1.26. The number of carboxylic acids is 2. The Morgan fingerprint density at radius 1 is 1.00 bits per heavy atom. The van der Waals surface area contributed by atoms with Crippen molar-refractivity contribution in [1.82, 2.24) is 0 Å². The van der Waals surface area contributed by atoms with Gasteiger partial charge in [-0.2, -0.15) is 0 Å². The highest BCUT2D eigenvalue weighted by Gasteiger charge is 2.00. The van der Waals surface area contributed by atoms with Crippen LogP contribution in [0, 0.1) is 0 Å². The van der Waals surface area contributed by atoms with Gasteiger partial charge in [0.2, 0.25) is 0 Å². The summed E-state index contributed by atoms with van der Waals surface area (Å²) in [6.45, 7) is 0. The van der Waals surface area contributed by atoms with E-state index in [4.69, 9.17) is 10.2 Å². The topological polar surface area (TPSA) is 101 Å². The SMILES string of the molecule is COC(=O)c1ccccc1.O=C(O)C=CC(=O)O. The standard InChI is InChI=1S/C8H8O2.C4H4O4/c1-10-8(9)7-5-3-2-4-6-7;5-3(6)1-2-4(7)8/h2-6H,1H3;1-2H,(H,5,6)(H,7,8). The lowest BCUT2D eigenvalue weighted by Crippen LogP contribution is -1.99. The summed E-state index contributed by atoms with van der Waals surface area (Å²) < 4.78 is 4.50. The fraction of sp³-hybridized carbons (Fsp3) is 0.0833. The molecule has 0 aromatic heterocycles. The van der Waals surface area contributed by atoms with E-state index in [1.807, 2.05) is 6.07 Å². The number of esters is 1. The van der Waals surface area contributed by atoms with Crippen molar-refractivity contribution in [1.29, 1.82) is 0 Å². The van der Waals surface area contributed by atoms with Crippen LogP contribution in [0.3, 0.4) is 0 Å². The molecule has 6 nitrogen and oxygen atoms in total. The Hall–Kier alpha value is -2.63.